The first-order chi connectivity index (χ1) is 12.8. The van der Waals surface area contributed by atoms with Gasteiger partial charge in [0.15, 0.2) is 0 Å². The minimum absolute atomic E-state index is 0.726. The van der Waals surface area contributed by atoms with Crippen LogP contribution in [0.3, 0.4) is 0 Å². The molecule has 0 amide bonds. The van der Waals surface area contributed by atoms with Crippen LogP contribution >= 0.6 is 15.9 Å². The molecule has 0 atom stereocenters. The summed E-state index contributed by atoms with van der Waals surface area (Å²) < 4.78 is 0. The number of hydrogen-bond acceptors (Lipinski definition) is 2. The maximum atomic E-state index is 4.78. The highest BCUT2D eigenvalue weighted by Crippen LogP contribution is 2.22. The summed E-state index contributed by atoms with van der Waals surface area (Å²) >= 11 is 3.61. The number of rotatable bonds is 1. The number of halogens is 1. The summed E-state index contributed by atoms with van der Waals surface area (Å²) in [5.74, 6) is 0. The number of aromatic nitrogens is 4. The lowest BCUT2D eigenvalue weighted by Crippen LogP contribution is -1.85. The van der Waals surface area contributed by atoms with Gasteiger partial charge < -0.3 is 9.97 Å². The van der Waals surface area contributed by atoms with Gasteiger partial charge in [0, 0.05) is 33.0 Å². The molecule has 5 heteroatoms. The molecule has 8 bridgehead atoms. The number of H-pyrrole nitrogens is 2. The van der Waals surface area contributed by atoms with Gasteiger partial charge in [-0.1, -0.05) is 15.9 Å². The highest BCUT2D eigenvalue weighted by molar-refractivity contribution is 9.08. The van der Waals surface area contributed by atoms with Gasteiger partial charge >= 0.3 is 0 Å². The predicted octanol–water partition coefficient (Wildman–Crippen LogP) is 5.55. The lowest BCUT2D eigenvalue weighted by Gasteiger charge is -1.96. The van der Waals surface area contributed by atoms with Gasteiger partial charge in [0.25, 0.3) is 0 Å². The molecule has 0 saturated heterocycles. The van der Waals surface area contributed by atoms with Crippen molar-refractivity contribution in [1.82, 2.24) is 19.9 Å². The zero-order valence-electron chi connectivity index (χ0n) is 13.8. The van der Waals surface area contributed by atoms with Crippen LogP contribution in [-0.2, 0) is 5.33 Å². The van der Waals surface area contributed by atoms with E-state index in [0.717, 1.165) is 55.7 Å². The van der Waals surface area contributed by atoms with E-state index in [1.165, 1.54) is 0 Å². The SMILES string of the molecule is BrCc1c2nc(cc3ccc(cc4nc(cc5ccc1[nH]5)C=C4)[nH]3)C=C2. The lowest BCUT2D eigenvalue weighted by molar-refractivity contribution is 1.26. The summed E-state index contributed by atoms with van der Waals surface area (Å²) in [6.07, 6.45) is 8.16. The van der Waals surface area contributed by atoms with Crippen LogP contribution in [0.4, 0.5) is 0 Å². The number of aromatic amines is 2. The van der Waals surface area contributed by atoms with Gasteiger partial charge in [0.2, 0.25) is 0 Å². The van der Waals surface area contributed by atoms with Crippen molar-refractivity contribution >= 4 is 62.3 Å². The Balaban J connectivity index is 1.88. The predicted molar refractivity (Wildman–Crippen MR) is 111 cm³/mol. The minimum atomic E-state index is 0.726. The summed E-state index contributed by atoms with van der Waals surface area (Å²) in [6.45, 7) is 0. The molecule has 0 aliphatic carbocycles. The van der Waals surface area contributed by atoms with Gasteiger partial charge in [-0.2, -0.15) is 0 Å². The van der Waals surface area contributed by atoms with E-state index in [1.54, 1.807) is 0 Å². The van der Waals surface area contributed by atoms with Crippen molar-refractivity contribution in [2.45, 2.75) is 5.33 Å². The summed E-state index contributed by atoms with van der Waals surface area (Å²) in [7, 11) is 0. The van der Waals surface area contributed by atoms with E-state index in [1.807, 2.05) is 24.3 Å². The second kappa shape index (κ2) is 6.11. The van der Waals surface area contributed by atoms with E-state index in [-0.39, 0.29) is 0 Å². The number of nitrogens with one attached hydrogen (secondary N) is 2. The van der Waals surface area contributed by atoms with Crippen molar-refractivity contribution in [3.05, 3.63) is 70.8 Å². The fourth-order valence-electron chi connectivity index (χ4n) is 3.21. The maximum absolute atomic E-state index is 4.78. The molecular formula is C21H15BrN4. The van der Waals surface area contributed by atoms with Crippen LogP contribution in [0.15, 0.2) is 42.5 Å². The minimum Gasteiger partial charge on any atom is -0.355 e. The molecule has 3 aromatic rings. The Hall–Kier alpha value is -2.92. The average molecular weight is 403 g/mol. The molecule has 126 valence electrons. The van der Waals surface area contributed by atoms with E-state index >= 15 is 0 Å². The molecule has 2 aliphatic heterocycles. The molecule has 2 aliphatic rings. The van der Waals surface area contributed by atoms with Crippen LogP contribution in [0.25, 0.3) is 46.4 Å². The van der Waals surface area contributed by atoms with Crippen LogP contribution < -0.4 is 0 Å². The van der Waals surface area contributed by atoms with Gasteiger partial charge in [0.05, 0.1) is 22.8 Å². The summed E-state index contributed by atoms with van der Waals surface area (Å²) in [5.41, 5.74) is 9.04. The summed E-state index contributed by atoms with van der Waals surface area (Å²) in [5, 5.41) is 0.726. The van der Waals surface area contributed by atoms with E-state index in [9.17, 15) is 0 Å². The number of hydrogen-bond donors (Lipinski definition) is 2. The lowest BCUT2D eigenvalue weighted by atomic mass is 10.2. The first-order valence-corrected chi connectivity index (χ1v) is 9.51. The third kappa shape index (κ3) is 2.80. The van der Waals surface area contributed by atoms with Gasteiger partial charge in [-0.3, -0.25) is 0 Å². The first-order valence-electron chi connectivity index (χ1n) is 8.39. The zero-order chi connectivity index (χ0) is 17.5. The van der Waals surface area contributed by atoms with Crippen LogP contribution in [0, 0.1) is 0 Å². The number of nitrogens with zero attached hydrogens (tertiary/aromatic N) is 2. The molecule has 3 aromatic heterocycles. The van der Waals surface area contributed by atoms with Crippen molar-refractivity contribution in [3.8, 4) is 0 Å². The van der Waals surface area contributed by atoms with Crippen LogP contribution in [0.5, 0.6) is 0 Å². The maximum Gasteiger partial charge on any atom is 0.0698 e. The Bertz CT molecular complexity index is 1230. The van der Waals surface area contributed by atoms with Crippen molar-refractivity contribution < 1.29 is 0 Å². The Morgan fingerprint density at radius 3 is 1.96 bits per heavy atom. The zero-order valence-corrected chi connectivity index (χ0v) is 15.4. The molecule has 26 heavy (non-hydrogen) atoms. The molecule has 0 fully saturated rings. The second-order valence-electron chi connectivity index (χ2n) is 6.29. The standard InChI is InChI=1S/C21H15BrN4/c22-12-19-20-7-5-17(25-20)10-15-3-1-13(23-15)9-14-2-4-16(24-14)11-18-6-8-21(19)26-18/h1-11,23,26H,12H2. The van der Waals surface area contributed by atoms with Gasteiger partial charge in [-0.15, -0.1) is 0 Å². The highest BCUT2D eigenvalue weighted by atomic mass is 79.9. The fourth-order valence-corrected chi connectivity index (χ4v) is 3.80. The first kappa shape index (κ1) is 15.3. The topological polar surface area (TPSA) is 57.4 Å². The molecule has 4 nitrogen and oxygen atoms in total. The number of fused-ring (bicyclic) bond motifs is 8. The molecule has 0 saturated carbocycles. The molecule has 2 N–H and O–H groups in total. The van der Waals surface area contributed by atoms with Gasteiger partial charge in [-0.25, -0.2) is 9.97 Å². The van der Waals surface area contributed by atoms with E-state index < -0.39 is 0 Å². The Kier molecular flexibility index (Phi) is 3.60. The van der Waals surface area contributed by atoms with E-state index in [0.29, 0.717) is 0 Å². The normalized spacial score (nSPS) is 12.7. The third-order valence-electron chi connectivity index (χ3n) is 4.46. The molecule has 5 heterocycles. The molecule has 0 radical (unpaired) electrons. The Morgan fingerprint density at radius 2 is 1.27 bits per heavy atom. The summed E-state index contributed by atoms with van der Waals surface area (Å²) in [6, 6.07) is 14.4. The molecule has 0 unspecified atom stereocenters. The van der Waals surface area contributed by atoms with E-state index in [2.05, 4.69) is 73.4 Å². The summed E-state index contributed by atoms with van der Waals surface area (Å²) in [4.78, 5) is 16.3. The smallest absolute Gasteiger partial charge is 0.0698 e. The van der Waals surface area contributed by atoms with Crippen LogP contribution in [-0.4, -0.2) is 19.9 Å². The Morgan fingerprint density at radius 1 is 0.692 bits per heavy atom. The molecule has 0 aromatic carbocycles. The molecule has 5 rings (SSSR count). The van der Waals surface area contributed by atoms with Gasteiger partial charge in [-0.05, 0) is 66.8 Å². The fraction of sp³-hybridized carbons (Fsp3) is 0.0476. The quantitative estimate of drug-likeness (QED) is 0.361. The monoisotopic (exact) mass is 402 g/mol. The average Bonchev–Trinajstić information content (AvgIpc) is 3.39. The largest absolute Gasteiger partial charge is 0.355 e. The van der Waals surface area contributed by atoms with Crippen molar-refractivity contribution in [2.24, 2.45) is 0 Å². The van der Waals surface area contributed by atoms with Crippen LogP contribution in [0.2, 0.25) is 0 Å². The highest BCUT2D eigenvalue weighted by Gasteiger charge is 2.07. The van der Waals surface area contributed by atoms with Crippen LogP contribution in [0.1, 0.15) is 28.3 Å². The second-order valence-corrected chi connectivity index (χ2v) is 6.85. The van der Waals surface area contributed by atoms with Crippen molar-refractivity contribution in [1.29, 1.82) is 0 Å². The molecular weight excluding hydrogens is 388 g/mol. The van der Waals surface area contributed by atoms with E-state index in [4.69, 9.17) is 4.98 Å². The van der Waals surface area contributed by atoms with Crippen molar-refractivity contribution in [2.75, 3.05) is 0 Å². The molecule has 0 spiro atoms. The third-order valence-corrected chi connectivity index (χ3v) is 5.02. The van der Waals surface area contributed by atoms with Gasteiger partial charge in [0.1, 0.15) is 0 Å². The Labute approximate surface area is 158 Å². The van der Waals surface area contributed by atoms with Crippen molar-refractivity contribution in [3.63, 3.8) is 0 Å². The number of alkyl halides is 1.